The van der Waals surface area contributed by atoms with Crippen molar-refractivity contribution in [2.45, 2.75) is 24.0 Å². The van der Waals surface area contributed by atoms with Gasteiger partial charge in [0.15, 0.2) is 0 Å². The van der Waals surface area contributed by atoms with Gasteiger partial charge in [0.1, 0.15) is 11.9 Å². The lowest BCUT2D eigenvalue weighted by Crippen LogP contribution is -2.41. The number of alkyl halides is 3. The number of benzene rings is 1. The van der Waals surface area contributed by atoms with Crippen LogP contribution in [0, 0.1) is 5.82 Å². The zero-order chi connectivity index (χ0) is 16.2. The Bertz CT molecular complexity index is 548. The predicted molar refractivity (Wildman–Crippen MR) is 67.4 cm³/mol. The van der Waals surface area contributed by atoms with Gasteiger partial charge < -0.3 is 10.4 Å². The minimum atomic E-state index is -4.65. The van der Waals surface area contributed by atoms with Gasteiger partial charge in [-0.2, -0.15) is 13.2 Å². The fraction of sp³-hybridized carbons (Fsp3) is 0.333. The van der Waals surface area contributed by atoms with E-state index in [1.807, 2.05) is 0 Å². The minimum Gasteiger partial charge on any atom is -0.480 e. The minimum absolute atomic E-state index is 0.125. The fourth-order valence-corrected chi connectivity index (χ4v) is 2.32. The molecule has 4 nitrogen and oxygen atoms in total. The molecule has 0 saturated heterocycles. The lowest BCUT2D eigenvalue weighted by Gasteiger charge is -2.13. The van der Waals surface area contributed by atoms with Crippen LogP contribution in [0.5, 0.6) is 0 Å². The summed E-state index contributed by atoms with van der Waals surface area (Å²) in [6.45, 7) is 1.12. The third kappa shape index (κ3) is 5.25. The molecule has 1 unspecified atom stereocenters. The van der Waals surface area contributed by atoms with Gasteiger partial charge in [-0.3, -0.25) is 4.79 Å². The van der Waals surface area contributed by atoms with Crippen LogP contribution in [0.15, 0.2) is 23.1 Å². The molecule has 1 atom stereocenters. The lowest BCUT2D eigenvalue weighted by molar-refractivity contribution is -0.140. The first-order valence-corrected chi connectivity index (χ1v) is 6.59. The van der Waals surface area contributed by atoms with Gasteiger partial charge >= 0.3 is 12.1 Å². The Kier molecular flexibility index (Phi) is 5.59. The molecule has 1 aromatic rings. The SMILES string of the molecule is CC(=O)NC(CSc1ccc(C(F)(F)F)cc1F)C(=O)O. The highest BCUT2D eigenvalue weighted by atomic mass is 32.2. The van der Waals surface area contributed by atoms with E-state index in [4.69, 9.17) is 5.11 Å². The molecular weight excluding hydrogens is 314 g/mol. The number of carbonyl (C=O) groups is 2. The average Bonchev–Trinajstić information content (AvgIpc) is 2.33. The number of carboxylic acids is 1. The first-order valence-electron chi connectivity index (χ1n) is 5.60. The smallest absolute Gasteiger partial charge is 0.416 e. The first kappa shape index (κ1) is 17.3. The Morgan fingerprint density at radius 3 is 2.43 bits per heavy atom. The largest absolute Gasteiger partial charge is 0.480 e. The molecule has 0 aliphatic heterocycles. The Labute approximate surface area is 121 Å². The number of halogens is 4. The van der Waals surface area contributed by atoms with Gasteiger partial charge in [0, 0.05) is 17.6 Å². The van der Waals surface area contributed by atoms with Gasteiger partial charge in [-0.1, -0.05) is 0 Å². The number of hydrogen-bond donors (Lipinski definition) is 2. The molecule has 0 radical (unpaired) electrons. The van der Waals surface area contributed by atoms with E-state index < -0.39 is 35.5 Å². The quantitative estimate of drug-likeness (QED) is 0.645. The van der Waals surface area contributed by atoms with Crippen LogP contribution in [0.1, 0.15) is 12.5 Å². The topological polar surface area (TPSA) is 66.4 Å². The molecule has 1 aromatic carbocycles. The van der Waals surface area contributed by atoms with Crippen LogP contribution in [0.25, 0.3) is 0 Å². The first-order chi connectivity index (χ1) is 9.61. The van der Waals surface area contributed by atoms with Crippen LogP contribution in [-0.2, 0) is 15.8 Å². The number of thioether (sulfide) groups is 1. The van der Waals surface area contributed by atoms with Gasteiger partial charge in [0.05, 0.1) is 5.56 Å². The van der Waals surface area contributed by atoms with Crippen molar-refractivity contribution in [3.05, 3.63) is 29.6 Å². The molecule has 0 aromatic heterocycles. The van der Waals surface area contributed by atoms with Gasteiger partial charge in [0.2, 0.25) is 5.91 Å². The fourth-order valence-electron chi connectivity index (χ4n) is 1.39. The van der Waals surface area contributed by atoms with Gasteiger partial charge in [-0.15, -0.1) is 11.8 Å². The average molecular weight is 325 g/mol. The van der Waals surface area contributed by atoms with Gasteiger partial charge in [0.25, 0.3) is 0 Å². The van der Waals surface area contributed by atoms with Crippen molar-refractivity contribution in [3.8, 4) is 0 Å². The van der Waals surface area contributed by atoms with E-state index in [9.17, 15) is 27.2 Å². The van der Waals surface area contributed by atoms with E-state index >= 15 is 0 Å². The van der Waals surface area contributed by atoms with Crippen molar-refractivity contribution in [1.29, 1.82) is 0 Å². The summed E-state index contributed by atoms with van der Waals surface area (Å²) in [6.07, 6.45) is -4.65. The lowest BCUT2D eigenvalue weighted by atomic mass is 10.2. The van der Waals surface area contributed by atoms with Crippen molar-refractivity contribution in [3.63, 3.8) is 0 Å². The number of amides is 1. The van der Waals surface area contributed by atoms with Crippen LogP contribution < -0.4 is 5.32 Å². The summed E-state index contributed by atoms with van der Waals surface area (Å²) in [5.41, 5.74) is -1.12. The summed E-state index contributed by atoms with van der Waals surface area (Å²) in [5.74, 6) is -3.19. The second kappa shape index (κ2) is 6.79. The number of nitrogens with one attached hydrogen (secondary N) is 1. The number of carbonyl (C=O) groups excluding carboxylic acids is 1. The van der Waals surface area contributed by atoms with Crippen molar-refractivity contribution in [1.82, 2.24) is 5.32 Å². The van der Waals surface area contributed by atoms with Crippen LogP contribution in [0.2, 0.25) is 0 Å². The monoisotopic (exact) mass is 325 g/mol. The molecule has 9 heteroatoms. The van der Waals surface area contributed by atoms with E-state index in [0.717, 1.165) is 13.0 Å². The van der Waals surface area contributed by atoms with Gasteiger partial charge in [-0.25, -0.2) is 9.18 Å². The molecule has 0 saturated carbocycles. The molecule has 0 spiro atoms. The van der Waals surface area contributed by atoms with Crippen LogP contribution >= 0.6 is 11.8 Å². The molecule has 0 aliphatic carbocycles. The highest BCUT2D eigenvalue weighted by molar-refractivity contribution is 7.99. The Balaban J connectivity index is 2.79. The van der Waals surface area contributed by atoms with Crippen LogP contribution in [0.3, 0.4) is 0 Å². The number of carboxylic acid groups (broad SMARTS) is 1. The van der Waals surface area contributed by atoms with Crippen LogP contribution in [0.4, 0.5) is 17.6 Å². The molecule has 2 N–H and O–H groups in total. The van der Waals surface area contributed by atoms with Gasteiger partial charge in [-0.05, 0) is 18.2 Å². The van der Waals surface area contributed by atoms with Crippen LogP contribution in [-0.4, -0.2) is 28.8 Å². The molecular formula is C12H11F4NO3S. The standard InChI is InChI=1S/C12H11F4NO3S/c1-6(18)17-9(11(19)20)5-21-10-3-2-7(4-8(10)13)12(14,15)16/h2-4,9H,5H2,1H3,(H,17,18)(H,19,20). The molecule has 21 heavy (non-hydrogen) atoms. The molecule has 0 fully saturated rings. The molecule has 0 heterocycles. The maximum Gasteiger partial charge on any atom is 0.416 e. The summed E-state index contributed by atoms with van der Waals surface area (Å²) in [4.78, 5) is 21.5. The Hall–Kier alpha value is -1.77. The second-order valence-corrected chi connectivity index (χ2v) is 5.11. The molecule has 0 bridgehead atoms. The van der Waals surface area contributed by atoms with Crippen molar-refractivity contribution < 1.29 is 32.3 Å². The highest BCUT2D eigenvalue weighted by Gasteiger charge is 2.31. The summed E-state index contributed by atoms with van der Waals surface area (Å²) >= 11 is 0.707. The van der Waals surface area contributed by atoms with E-state index in [-0.39, 0.29) is 10.6 Å². The third-order valence-electron chi connectivity index (χ3n) is 2.34. The van der Waals surface area contributed by atoms with E-state index in [1.54, 1.807) is 0 Å². The number of rotatable bonds is 5. The number of aliphatic carboxylic acids is 1. The number of hydrogen-bond acceptors (Lipinski definition) is 3. The summed E-state index contributed by atoms with van der Waals surface area (Å²) < 4.78 is 50.6. The van der Waals surface area contributed by atoms with E-state index in [2.05, 4.69) is 5.32 Å². The second-order valence-electron chi connectivity index (χ2n) is 4.05. The Morgan fingerprint density at radius 1 is 1.38 bits per heavy atom. The molecule has 1 rings (SSSR count). The summed E-state index contributed by atoms with van der Waals surface area (Å²) in [5, 5.41) is 11.0. The predicted octanol–water partition coefficient (Wildman–Crippen LogP) is 2.53. The normalized spacial score (nSPS) is 12.8. The Morgan fingerprint density at radius 2 is 2.00 bits per heavy atom. The van der Waals surface area contributed by atoms with Crippen molar-refractivity contribution in [2.24, 2.45) is 0 Å². The van der Waals surface area contributed by atoms with Crippen molar-refractivity contribution >= 4 is 23.6 Å². The van der Waals surface area contributed by atoms with E-state index in [0.29, 0.717) is 23.9 Å². The van der Waals surface area contributed by atoms with E-state index in [1.165, 1.54) is 0 Å². The van der Waals surface area contributed by atoms with Crippen molar-refractivity contribution in [2.75, 3.05) is 5.75 Å². The molecule has 1 amide bonds. The maximum absolute atomic E-state index is 13.5. The summed E-state index contributed by atoms with van der Waals surface area (Å²) in [6, 6.07) is 0.722. The zero-order valence-electron chi connectivity index (χ0n) is 10.7. The molecule has 116 valence electrons. The third-order valence-corrected chi connectivity index (χ3v) is 3.48. The zero-order valence-corrected chi connectivity index (χ0v) is 11.5. The molecule has 0 aliphatic rings. The highest BCUT2D eigenvalue weighted by Crippen LogP contribution is 2.32. The maximum atomic E-state index is 13.5. The summed E-state index contributed by atoms with van der Waals surface area (Å²) in [7, 11) is 0.